The average Bonchev–Trinajstić information content (AvgIpc) is 3.70. The largest absolute Gasteiger partial charge is 0.472 e. The highest BCUT2D eigenvalue weighted by Crippen LogP contribution is 2.57. The van der Waals surface area contributed by atoms with Gasteiger partial charge in [0.25, 0.3) is 0 Å². The minimum atomic E-state index is -0.352. The van der Waals surface area contributed by atoms with Crippen molar-refractivity contribution in [3.8, 4) is 23.1 Å². The van der Waals surface area contributed by atoms with Gasteiger partial charge in [-0.25, -0.2) is 9.37 Å². The van der Waals surface area contributed by atoms with Gasteiger partial charge in [0, 0.05) is 48.2 Å². The first-order valence-corrected chi connectivity index (χ1v) is 19.3. The van der Waals surface area contributed by atoms with E-state index in [2.05, 4.69) is 57.9 Å². The van der Waals surface area contributed by atoms with Crippen LogP contribution in [0.1, 0.15) is 99.2 Å². The number of carbonyl (C=O) groups is 1. The normalized spacial score (nSPS) is 31.4. The van der Waals surface area contributed by atoms with Gasteiger partial charge in [0.05, 0.1) is 35.0 Å². The van der Waals surface area contributed by atoms with E-state index in [1.807, 2.05) is 19.1 Å². The smallest absolute Gasteiger partial charge is 0.223 e. The summed E-state index contributed by atoms with van der Waals surface area (Å²) in [7, 11) is 2.15. The number of amides is 1. The molecule has 2 saturated carbocycles. The number of hydrogen-bond acceptors (Lipinski definition) is 6. The Balaban J connectivity index is 1.24. The van der Waals surface area contributed by atoms with Crippen LogP contribution in [0.25, 0.3) is 32.9 Å². The molecule has 9 heteroatoms. The number of nitriles is 1. The first kappa shape index (κ1) is 31.7. The Morgan fingerprint density at radius 2 is 2.00 bits per heavy atom. The summed E-state index contributed by atoms with van der Waals surface area (Å²) in [6, 6.07) is 14.1. The van der Waals surface area contributed by atoms with E-state index >= 15 is 4.39 Å². The number of nitrogens with one attached hydrogen (secondary N) is 1. The second-order valence-corrected chi connectivity index (χ2v) is 16.6. The molecule has 7 aliphatic rings. The number of carbonyl (C=O) groups excluding carboxylic acids is 1. The van der Waals surface area contributed by atoms with E-state index in [4.69, 9.17) is 9.72 Å². The Kier molecular flexibility index (Phi) is 7.15. The van der Waals surface area contributed by atoms with Crippen LogP contribution >= 0.6 is 0 Å². The zero-order valence-corrected chi connectivity index (χ0v) is 30.1. The van der Waals surface area contributed by atoms with Crippen LogP contribution in [0, 0.1) is 35.9 Å². The van der Waals surface area contributed by atoms with E-state index in [-0.39, 0.29) is 41.9 Å². The third-order valence-corrected chi connectivity index (χ3v) is 13.7. The maximum Gasteiger partial charge on any atom is 0.223 e. The number of aryl methyl sites for hydroxylation is 2. The molecule has 2 unspecified atom stereocenters. The van der Waals surface area contributed by atoms with Crippen LogP contribution in [0.5, 0.6) is 5.88 Å². The number of likely N-dealkylation sites (N-methyl/N-ethyl adjacent to an activating group) is 1. The third kappa shape index (κ3) is 4.61. The number of piperidine rings is 1. The van der Waals surface area contributed by atoms with Crippen molar-refractivity contribution >= 4 is 27.7 Å². The van der Waals surface area contributed by atoms with Crippen molar-refractivity contribution in [2.75, 3.05) is 20.1 Å². The van der Waals surface area contributed by atoms with Gasteiger partial charge in [-0.3, -0.25) is 9.69 Å². The first-order valence-electron chi connectivity index (χ1n) is 19.3. The Morgan fingerprint density at radius 3 is 2.73 bits per heavy atom. The molecule has 4 saturated heterocycles. The molecule has 51 heavy (non-hydrogen) atoms. The van der Waals surface area contributed by atoms with Crippen LogP contribution < -0.4 is 10.1 Å². The van der Waals surface area contributed by atoms with Crippen molar-refractivity contribution in [3.05, 3.63) is 58.5 Å². The molecule has 2 bridgehead atoms. The predicted octanol–water partition coefficient (Wildman–Crippen LogP) is 7.32. The van der Waals surface area contributed by atoms with Gasteiger partial charge in [0.1, 0.15) is 11.6 Å². The number of nitrogens with zero attached hydrogens (tertiary/aromatic N) is 5. The van der Waals surface area contributed by atoms with Crippen molar-refractivity contribution in [2.24, 2.45) is 11.8 Å². The number of pyridine rings is 1. The molecule has 0 radical (unpaired) electrons. The Hall–Kier alpha value is -4.00. The molecule has 6 heterocycles. The zero-order valence-electron chi connectivity index (χ0n) is 30.1. The van der Waals surface area contributed by atoms with Crippen LogP contribution in [-0.2, 0) is 11.2 Å². The highest BCUT2D eigenvalue weighted by atomic mass is 19.1. The highest BCUT2D eigenvalue weighted by Gasteiger charge is 2.56. The van der Waals surface area contributed by atoms with Crippen LogP contribution in [-0.4, -0.2) is 69.6 Å². The van der Waals surface area contributed by atoms with E-state index in [0.29, 0.717) is 40.9 Å². The number of fused-ring (bicyclic) bond motifs is 6. The number of likely N-dealkylation sites (tertiary alicyclic amines) is 2. The molecule has 4 aliphatic heterocycles. The standard InChI is InChI=1S/C42H47FN6O2/c1-21-14-29-39(38(43)36(21)28-11-6-9-24-8-5-10-25(19-44)37(24)28)46-42(51-22(2)32-12-7-13-47(32)4)30-18-35(34-17-26-16-33(26)48(34)23(3)50)49(41(29)30)40-27-15-31(40)45-20-27/h6,9,11,14,18,22,25-27,31-34,40,45H,5,7-8,10,12-13,15-17,20H2,1-4H3/t22?,25?,26-,27+,31+,32-,33-,34+,40-/m0/s1. The summed E-state index contributed by atoms with van der Waals surface area (Å²) in [6.07, 6.45) is 7.85. The second-order valence-electron chi connectivity index (χ2n) is 16.6. The van der Waals surface area contributed by atoms with Crippen molar-refractivity contribution in [2.45, 2.75) is 114 Å². The molecule has 264 valence electrons. The number of aromatic nitrogens is 2. The molecule has 2 aromatic carbocycles. The number of benzene rings is 2. The monoisotopic (exact) mass is 686 g/mol. The third-order valence-electron chi connectivity index (χ3n) is 13.7. The fourth-order valence-electron chi connectivity index (χ4n) is 11.2. The summed E-state index contributed by atoms with van der Waals surface area (Å²) in [5, 5.41) is 15.6. The minimum Gasteiger partial charge on any atom is -0.472 e. The van der Waals surface area contributed by atoms with Crippen molar-refractivity contribution in [1.82, 2.24) is 24.7 Å². The van der Waals surface area contributed by atoms with E-state index in [1.165, 1.54) is 0 Å². The molecule has 2 aromatic heterocycles. The molecule has 1 N–H and O–H groups in total. The predicted molar refractivity (Wildman–Crippen MR) is 195 cm³/mol. The maximum atomic E-state index is 17.7. The quantitative estimate of drug-likeness (QED) is 0.229. The van der Waals surface area contributed by atoms with Crippen LogP contribution in [0.3, 0.4) is 0 Å². The van der Waals surface area contributed by atoms with Gasteiger partial charge in [-0.15, -0.1) is 0 Å². The van der Waals surface area contributed by atoms with Crippen LogP contribution in [0.15, 0.2) is 30.3 Å². The van der Waals surface area contributed by atoms with Crippen molar-refractivity contribution < 1.29 is 13.9 Å². The van der Waals surface area contributed by atoms with Gasteiger partial charge in [-0.1, -0.05) is 18.2 Å². The summed E-state index contributed by atoms with van der Waals surface area (Å²) in [4.78, 5) is 22.8. The van der Waals surface area contributed by atoms with Gasteiger partial charge < -0.3 is 19.5 Å². The lowest BCUT2D eigenvalue weighted by molar-refractivity contribution is -0.131. The zero-order chi connectivity index (χ0) is 34.9. The summed E-state index contributed by atoms with van der Waals surface area (Å²) in [6.45, 7) is 7.83. The molecule has 6 fully saturated rings. The van der Waals surface area contributed by atoms with E-state index in [9.17, 15) is 10.1 Å². The lowest BCUT2D eigenvalue weighted by Gasteiger charge is -2.39. The number of rotatable bonds is 6. The molecular formula is C42H47FN6O2. The van der Waals surface area contributed by atoms with Gasteiger partial charge in [-0.05, 0) is 125 Å². The molecule has 1 amide bonds. The lowest BCUT2D eigenvalue weighted by atomic mass is 9.78. The number of halogens is 1. The van der Waals surface area contributed by atoms with E-state index in [0.717, 1.165) is 109 Å². The molecule has 9 atom stereocenters. The van der Waals surface area contributed by atoms with Gasteiger partial charge in [0.15, 0.2) is 5.82 Å². The fourth-order valence-corrected chi connectivity index (χ4v) is 11.2. The van der Waals surface area contributed by atoms with Crippen molar-refractivity contribution in [3.63, 3.8) is 0 Å². The van der Waals surface area contributed by atoms with Gasteiger partial charge in [0.2, 0.25) is 11.8 Å². The second kappa shape index (κ2) is 11.5. The molecular weight excluding hydrogens is 640 g/mol. The Labute approximate surface area is 298 Å². The van der Waals surface area contributed by atoms with Crippen LogP contribution in [0.2, 0.25) is 0 Å². The number of hydrogen-bond donors (Lipinski definition) is 1. The van der Waals surface area contributed by atoms with Crippen LogP contribution in [0.4, 0.5) is 4.39 Å². The average molecular weight is 687 g/mol. The topological polar surface area (TPSA) is 86.4 Å². The summed E-state index contributed by atoms with van der Waals surface area (Å²) < 4.78 is 27.1. The molecule has 0 spiro atoms. The fraction of sp³-hybridized carbons (Fsp3) is 0.548. The minimum absolute atomic E-state index is 0.0242. The van der Waals surface area contributed by atoms with Crippen molar-refractivity contribution in [1.29, 1.82) is 5.26 Å². The first-order chi connectivity index (χ1) is 24.7. The van der Waals surface area contributed by atoms with E-state index < -0.39 is 0 Å². The van der Waals surface area contributed by atoms with Gasteiger partial charge in [-0.2, -0.15) is 5.26 Å². The molecule has 8 nitrogen and oxygen atoms in total. The number of ether oxygens (including phenoxy) is 1. The molecule has 3 aliphatic carbocycles. The summed E-state index contributed by atoms with van der Waals surface area (Å²) in [5.74, 6) is 1.01. The summed E-state index contributed by atoms with van der Waals surface area (Å²) in [5.41, 5.74) is 6.71. The molecule has 11 rings (SSSR count). The Bertz CT molecular complexity index is 2160. The summed E-state index contributed by atoms with van der Waals surface area (Å²) >= 11 is 0. The lowest BCUT2D eigenvalue weighted by Crippen LogP contribution is -2.41. The SMILES string of the molecule is CC(=O)N1[C@@H](c2cc3c(OC(C)[C@@H]4CCCN4C)nc4c(F)c(-c5cccc6c5C(C#N)CCC6)c(C)cc4c3n2[C@H]2[C@H]3CN[C@@H]2C3)C[C@@H]2C[C@@H]21. The molecule has 4 aromatic rings. The Morgan fingerprint density at radius 1 is 1.14 bits per heavy atom. The van der Waals surface area contributed by atoms with Gasteiger partial charge >= 0.3 is 0 Å². The highest BCUT2D eigenvalue weighted by molar-refractivity contribution is 6.09. The van der Waals surface area contributed by atoms with E-state index in [1.54, 1.807) is 6.92 Å². The maximum absolute atomic E-state index is 17.7.